The first-order chi connectivity index (χ1) is 14.2. The van der Waals surface area contributed by atoms with E-state index in [0.29, 0.717) is 42.7 Å². The van der Waals surface area contributed by atoms with E-state index in [4.69, 9.17) is 21.6 Å². The summed E-state index contributed by atoms with van der Waals surface area (Å²) in [6.45, 7) is 2.67. The molecule has 148 valence electrons. The molecule has 2 fully saturated rings. The predicted octanol–water partition coefficient (Wildman–Crippen LogP) is 3.30. The smallest absolute Gasteiger partial charge is 0.257 e. The first-order valence-electron chi connectivity index (χ1n) is 9.95. The van der Waals surface area contributed by atoms with Gasteiger partial charge in [0.05, 0.1) is 11.1 Å². The highest BCUT2D eigenvalue weighted by Crippen LogP contribution is 2.37. The van der Waals surface area contributed by atoms with Crippen LogP contribution in [0.15, 0.2) is 36.9 Å². The van der Waals surface area contributed by atoms with Crippen molar-refractivity contribution in [3.63, 3.8) is 0 Å². The number of benzene rings is 1. The number of carbonyl (C=O) groups is 1. The van der Waals surface area contributed by atoms with Crippen molar-refractivity contribution in [3.05, 3.63) is 53.3 Å². The van der Waals surface area contributed by atoms with E-state index in [9.17, 15) is 4.79 Å². The van der Waals surface area contributed by atoms with E-state index in [1.165, 1.54) is 12.7 Å². The number of nitrogens with zero attached hydrogens (tertiary/aromatic N) is 6. The molecule has 2 aliphatic rings. The second-order valence-electron chi connectivity index (χ2n) is 7.60. The van der Waals surface area contributed by atoms with Gasteiger partial charge in [0, 0.05) is 54.9 Å². The van der Waals surface area contributed by atoms with Crippen LogP contribution in [0, 0.1) is 0 Å². The molecule has 2 aromatic heterocycles. The third kappa shape index (κ3) is 3.51. The number of carbonyl (C=O) groups excluding carboxylic acids is 1. The van der Waals surface area contributed by atoms with Crippen molar-refractivity contribution in [2.45, 2.75) is 25.2 Å². The van der Waals surface area contributed by atoms with E-state index in [1.54, 1.807) is 12.4 Å². The van der Waals surface area contributed by atoms with Crippen LogP contribution in [-0.4, -0.2) is 56.9 Å². The zero-order valence-electron chi connectivity index (χ0n) is 16.0. The van der Waals surface area contributed by atoms with E-state index >= 15 is 0 Å². The minimum absolute atomic E-state index is 0.0315. The lowest BCUT2D eigenvalue weighted by atomic mass is 9.85. The molecule has 5 rings (SSSR count). The van der Waals surface area contributed by atoms with Crippen LogP contribution in [0.2, 0.25) is 5.02 Å². The summed E-state index contributed by atoms with van der Waals surface area (Å²) in [5.74, 6) is 2.28. The molecule has 1 saturated heterocycles. The molecule has 3 heterocycles. The summed E-state index contributed by atoms with van der Waals surface area (Å²) in [5.41, 5.74) is 1.45. The summed E-state index contributed by atoms with van der Waals surface area (Å²) in [4.78, 5) is 34.4. The minimum Gasteiger partial charge on any atom is -0.352 e. The number of rotatable bonds is 3. The quantitative estimate of drug-likeness (QED) is 0.661. The monoisotopic (exact) mass is 408 g/mol. The average Bonchev–Trinajstić information content (AvgIpc) is 2.72. The van der Waals surface area contributed by atoms with Crippen molar-refractivity contribution in [2.24, 2.45) is 0 Å². The van der Waals surface area contributed by atoms with Gasteiger partial charge in [-0.05, 0) is 31.0 Å². The number of aromatic nitrogens is 4. The number of halogens is 1. The van der Waals surface area contributed by atoms with E-state index in [-0.39, 0.29) is 5.91 Å². The molecule has 1 saturated carbocycles. The molecule has 0 unspecified atom stereocenters. The topological polar surface area (TPSA) is 75.1 Å². The SMILES string of the molecule is O=C(c1cncnc1)N1CCN(c2nc(C3CCC3)nc3ccc(Cl)cc23)CC1. The van der Waals surface area contributed by atoms with Crippen molar-refractivity contribution in [1.82, 2.24) is 24.8 Å². The second-order valence-corrected chi connectivity index (χ2v) is 8.04. The molecule has 0 atom stereocenters. The van der Waals surface area contributed by atoms with Crippen LogP contribution in [0.1, 0.15) is 41.4 Å². The van der Waals surface area contributed by atoms with E-state index in [2.05, 4.69) is 14.9 Å². The predicted molar refractivity (Wildman–Crippen MR) is 111 cm³/mol. The summed E-state index contributed by atoms with van der Waals surface area (Å²) in [7, 11) is 0. The number of hydrogen-bond donors (Lipinski definition) is 0. The highest BCUT2D eigenvalue weighted by atomic mass is 35.5. The summed E-state index contributed by atoms with van der Waals surface area (Å²) in [6, 6.07) is 5.79. The van der Waals surface area contributed by atoms with Crippen LogP contribution in [0.25, 0.3) is 10.9 Å². The maximum absolute atomic E-state index is 12.7. The highest BCUT2D eigenvalue weighted by molar-refractivity contribution is 6.31. The molecule has 1 aliphatic carbocycles. The molecular formula is C21H21ClN6O. The van der Waals surface area contributed by atoms with Gasteiger partial charge < -0.3 is 9.80 Å². The lowest BCUT2D eigenvalue weighted by molar-refractivity contribution is 0.0745. The number of fused-ring (bicyclic) bond motifs is 1. The Kier molecular flexibility index (Phi) is 4.75. The fourth-order valence-electron chi connectivity index (χ4n) is 3.91. The van der Waals surface area contributed by atoms with Crippen molar-refractivity contribution in [1.29, 1.82) is 0 Å². The van der Waals surface area contributed by atoms with Crippen molar-refractivity contribution in [3.8, 4) is 0 Å². The molecule has 1 amide bonds. The Bertz CT molecular complexity index is 1050. The normalized spacial score (nSPS) is 17.4. The number of piperazine rings is 1. The summed E-state index contributed by atoms with van der Waals surface area (Å²) < 4.78 is 0. The van der Waals surface area contributed by atoms with Gasteiger partial charge in [0.15, 0.2) is 0 Å². The molecule has 0 N–H and O–H groups in total. The fraction of sp³-hybridized carbons (Fsp3) is 0.381. The van der Waals surface area contributed by atoms with E-state index in [0.717, 1.165) is 35.4 Å². The maximum Gasteiger partial charge on any atom is 0.257 e. The molecule has 1 aliphatic heterocycles. The molecular weight excluding hydrogens is 388 g/mol. The summed E-state index contributed by atoms with van der Waals surface area (Å²) in [5, 5.41) is 1.65. The lowest BCUT2D eigenvalue weighted by Gasteiger charge is -2.36. The Balaban J connectivity index is 1.41. The molecule has 1 aromatic carbocycles. The largest absolute Gasteiger partial charge is 0.352 e. The summed E-state index contributed by atoms with van der Waals surface area (Å²) in [6.07, 6.45) is 8.10. The lowest BCUT2D eigenvalue weighted by Crippen LogP contribution is -2.49. The number of hydrogen-bond acceptors (Lipinski definition) is 6. The Morgan fingerprint density at radius 3 is 2.48 bits per heavy atom. The van der Waals surface area contributed by atoms with Gasteiger partial charge in [-0.2, -0.15) is 0 Å². The fourth-order valence-corrected chi connectivity index (χ4v) is 4.08. The standard InChI is InChI=1S/C21H21ClN6O/c22-16-4-5-18-17(10-16)20(26-19(25-18)14-2-1-3-14)27-6-8-28(9-7-27)21(29)15-11-23-13-24-12-15/h4-5,10-14H,1-3,6-9H2. The van der Waals surface area contributed by atoms with Crippen LogP contribution in [0.3, 0.4) is 0 Å². The second kappa shape index (κ2) is 7.55. The summed E-state index contributed by atoms with van der Waals surface area (Å²) >= 11 is 6.26. The van der Waals surface area contributed by atoms with Gasteiger partial charge in [0.25, 0.3) is 5.91 Å². The van der Waals surface area contributed by atoms with Crippen LogP contribution in [0.4, 0.5) is 5.82 Å². The Morgan fingerprint density at radius 1 is 1.03 bits per heavy atom. The van der Waals surface area contributed by atoms with Gasteiger partial charge in [-0.3, -0.25) is 4.79 Å². The van der Waals surface area contributed by atoms with E-state index in [1.807, 2.05) is 23.1 Å². The number of anilines is 1. The van der Waals surface area contributed by atoms with Crippen LogP contribution >= 0.6 is 11.6 Å². The van der Waals surface area contributed by atoms with Gasteiger partial charge in [0.2, 0.25) is 0 Å². The van der Waals surface area contributed by atoms with Gasteiger partial charge in [-0.15, -0.1) is 0 Å². The van der Waals surface area contributed by atoms with Gasteiger partial charge >= 0.3 is 0 Å². The molecule has 0 spiro atoms. The number of amides is 1. The van der Waals surface area contributed by atoms with Crippen LogP contribution in [0.5, 0.6) is 0 Å². The van der Waals surface area contributed by atoms with Gasteiger partial charge in [0.1, 0.15) is 18.0 Å². The van der Waals surface area contributed by atoms with Gasteiger partial charge in [-0.1, -0.05) is 18.0 Å². The minimum atomic E-state index is -0.0315. The Labute approximate surface area is 173 Å². The first-order valence-corrected chi connectivity index (χ1v) is 10.3. The van der Waals surface area contributed by atoms with Gasteiger partial charge in [-0.25, -0.2) is 19.9 Å². The zero-order chi connectivity index (χ0) is 19.8. The van der Waals surface area contributed by atoms with Crippen molar-refractivity contribution >= 4 is 34.2 Å². The van der Waals surface area contributed by atoms with Crippen molar-refractivity contribution in [2.75, 3.05) is 31.1 Å². The van der Waals surface area contributed by atoms with E-state index < -0.39 is 0 Å². The average molecular weight is 409 g/mol. The molecule has 3 aromatic rings. The third-order valence-electron chi connectivity index (χ3n) is 5.80. The highest BCUT2D eigenvalue weighted by Gasteiger charge is 2.27. The third-order valence-corrected chi connectivity index (χ3v) is 6.03. The molecule has 29 heavy (non-hydrogen) atoms. The Morgan fingerprint density at radius 2 is 1.79 bits per heavy atom. The first kappa shape index (κ1) is 18.2. The molecule has 8 heteroatoms. The molecule has 0 radical (unpaired) electrons. The maximum atomic E-state index is 12.7. The van der Waals surface area contributed by atoms with Crippen LogP contribution < -0.4 is 4.90 Å². The van der Waals surface area contributed by atoms with Crippen molar-refractivity contribution < 1.29 is 4.79 Å². The van der Waals surface area contributed by atoms with Crippen LogP contribution in [-0.2, 0) is 0 Å². The Hall–Kier alpha value is -2.80. The zero-order valence-corrected chi connectivity index (χ0v) is 16.7. The molecule has 7 nitrogen and oxygen atoms in total. The molecule has 0 bridgehead atoms.